The van der Waals surface area contributed by atoms with E-state index in [-0.39, 0.29) is 0 Å². The van der Waals surface area contributed by atoms with Crippen LogP contribution in [0.1, 0.15) is 0 Å². The summed E-state index contributed by atoms with van der Waals surface area (Å²) in [7, 11) is 0. The number of para-hydroxylation sites is 3. The smallest absolute Gasteiger partial charge is 0.143 e. The summed E-state index contributed by atoms with van der Waals surface area (Å²) in [5.74, 6) is 0. The second kappa shape index (κ2) is 10.3. The Morgan fingerprint density at radius 1 is 0.333 bits per heavy atom. The van der Waals surface area contributed by atoms with E-state index >= 15 is 0 Å². The Hall–Kier alpha value is -6.06. The molecule has 0 saturated carbocycles. The largest absolute Gasteiger partial charge is 0.456 e. The van der Waals surface area contributed by atoms with Gasteiger partial charge in [-0.1, -0.05) is 109 Å². The van der Waals surface area contributed by atoms with Crippen LogP contribution in [0.2, 0.25) is 0 Å². The molecule has 0 N–H and O–H groups in total. The first-order valence-corrected chi connectivity index (χ1v) is 15.2. The second-order valence-corrected chi connectivity index (χ2v) is 11.4. The van der Waals surface area contributed by atoms with Crippen LogP contribution in [-0.4, -0.2) is 0 Å². The highest BCUT2D eigenvalue weighted by atomic mass is 16.3. The fourth-order valence-corrected chi connectivity index (χ4v) is 6.50. The summed E-state index contributed by atoms with van der Waals surface area (Å²) < 4.78 is 12.5. The molecule has 7 aromatic carbocycles. The van der Waals surface area contributed by atoms with Crippen molar-refractivity contribution in [2.45, 2.75) is 0 Å². The quantitative estimate of drug-likeness (QED) is 0.204. The van der Waals surface area contributed by atoms with E-state index in [1.807, 2.05) is 30.3 Å². The molecular weight excluding hydrogens is 550 g/mol. The number of anilines is 3. The molecule has 0 unspecified atom stereocenters. The molecule has 9 rings (SSSR count). The third kappa shape index (κ3) is 4.29. The van der Waals surface area contributed by atoms with Gasteiger partial charge in [0.25, 0.3) is 0 Å². The van der Waals surface area contributed by atoms with Crippen LogP contribution in [0.5, 0.6) is 0 Å². The van der Waals surface area contributed by atoms with E-state index in [4.69, 9.17) is 8.83 Å². The fourth-order valence-electron chi connectivity index (χ4n) is 6.50. The third-order valence-electron chi connectivity index (χ3n) is 8.69. The van der Waals surface area contributed by atoms with E-state index in [1.165, 1.54) is 11.1 Å². The van der Waals surface area contributed by atoms with Crippen molar-refractivity contribution in [2.24, 2.45) is 0 Å². The lowest BCUT2D eigenvalue weighted by Crippen LogP contribution is -2.09. The highest BCUT2D eigenvalue weighted by Gasteiger charge is 2.17. The Kier molecular flexibility index (Phi) is 5.82. The molecule has 0 aliphatic carbocycles. The molecule has 0 radical (unpaired) electrons. The highest BCUT2D eigenvalue weighted by Crippen LogP contribution is 2.41. The van der Waals surface area contributed by atoms with Gasteiger partial charge in [0, 0.05) is 44.2 Å². The van der Waals surface area contributed by atoms with Crippen LogP contribution in [0.3, 0.4) is 0 Å². The van der Waals surface area contributed by atoms with Gasteiger partial charge in [0.15, 0.2) is 0 Å². The number of benzene rings is 7. The molecule has 3 nitrogen and oxygen atoms in total. The van der Waals surface area contributed by atoms with Crippen LogP contribution >= 0.6 is 0 Å². The van der Waals surface area contributed by atoms with E-state index in [1.54, 1.807) is 0 Å². The molecule has 2 aromatic heterocycles. The Balaban J connectivity index is 1.17. The summed E-state index contributed by atoms with van der Waals surface area (Å²) >= 11 is 0. The first kappa shape index (κ1) is 25.4. The van der Waals surface area contributed by atoms with Gasteiger partial charge in [-0.2, -0.15) is 0 Å². The van der Waals surface area contributed by atoms with Gasteiger partial charge in [-0.15, -0.1) is 0 Å². The number of furan rings is 2. The number of hydrogen-bond donors (Lipinski definition) is 0. The Morgan fingerprint density at radius 2 is 0.867 bits per heavy atom. The van der Waals surface area contributed by atoms with Gasteiger partial charge in [0.05, 0.1) is 0 Å². The van der Waals surface area contributed by atoms with Crippen molar-refractivity contribution in [3.8, 4) is 22.3 Å². The molecule has 0 fully saturated rings. The van der Waals surface area contributed by atoms with Crippen LogP contribution in [0.4, 0.5) is 17.1 Å². The number of hydrogen-bond acceptors (Lipinski definition) is 3. The summed E-state index contributed by atoms with van der Waals surface area (Å²) in [5, 5.41) is 4.48. The molecule has 0 amide bonds. The molecular formula is C42H27NO2. The number of nitrogens with zero attached hydrogens (tertiary/aromatic N) is 1. The second-order valence-electron chi connectivity index (χ2n) is 11.4. The summed E-state index contributed by atoms with van der Waals surface area (Å²) in [6.07, 6.45) is 0. The summed E-state index contributed by atoms with van der Waals surface area (Å²) in [6.45, 7) is 0. The molecule has 0 saturated heterocycles. The lowest BCUT2D eigenvalue weighted by Gasteiger charge is -2.26. The van der Waals surface area contributed by atoms with Crippen LogP contribution in [0.25, 0.3) is 66.1 Å². The average molecular weight is 578 g/mol. The molecule has 0 spiro atoms. The van der Waals surface area contributed by atoms with E-state index in [2.05, 4.69) is 138 Å². The van der Waals surface area contributed by atoms with Gasteiger partial charge in [-0.25, -0.2) is 0 Å². The van der Waals surface area contributed by atoms with Crippen molar-refractivity contribution in [1.82, 2.24) is 0 Å². The first-order valence-electron chi connectivity index (χ1n) is 15.2. The van der Waals surface area contributed by atoms with Crippen molar-refractivity contribution < 1.29 is 8.83 Å². The maximum atomic E-state index is 6.35. The van der Waals surface area contributed by atoms with E-state index in [9.17, 15) is 0 Å². The number of rotatable bonds is 5. The minimum atomic E-state index is 0.883. The van der Waals surface area contributed by atoms with Crippen LogP contribution in [0.15, 0.2) is 173 Å². The summed E-state index contributed by atoms with van der Waals surface area (Å²) in [4.78, 5) is 2.31. The molecule has 45 heavy (non-hydrogen) atoms. The Morgan fingerprint density at radius 3 is 1.60 bits per heavy atom. The van der Waals surface area contributed by atoms with Gasteiger partial charge in [0.2, 0.25) is 0 Å². The van der Waals surface area contributed by atoms with Crippen molar-refractivity contribution in [3.63, 3.8) is 0 Å². The zero-order chi connectivity index (χ0) is 29.7. The Labute approximate surface area is 260 Å². The van der Waals surface area contributed by atoms with E-state index < -0.39 is 0 Å². The van der Waals surface area contributed by atoms with Gasteiger partial charge in [-0.05, 0) is 71.3 Å². The normalized spacial score (nSPS) is 11.6. The van der Waals surface area contributed by atoms with Gasteiger partial charge in [-0.3, -0.25) is 0 Å². The maximum Gasteiger partial charge on any atom is 0.143 e. The monoisotopic (exact) mass is 577 g/mol. The zero-order valence-corrected chi connectivity index (χ0v) is 24.4. The van der Waals surface area contributed by atoms with E-state index in [0.717, 1.165) is 72.1 Å². The van der Waals surface area contributed by atoms with Crippen LogP contribution in [0, 0.1) is 0 Å². The molecule has 9 aromatic rings. The molecule has 2 heterocycles. The van der Waals surface area contributed by atoms with E-state index in [0.29, 0.717) is 0 Å². The third-order valence-corrected chi connectivity index (χ3v) is 8.69. The van der Waals surface area contributed by atoms with Crippen LogP contribution < -0.4 is 4.90 Å². The van der Waals surface area contributed by atoms with Gasteiger partial charge in [0.1, 0.15) is 22.3 Å². The molecule has 0 bridgehead atoms. The fraction of sp³-hybridized carbons (Fsp3) is 0. The Bertz CT molecular complexity index is 2470. The standard InChI is InChI=1S/C42H27NO2/c1-2-9-28(10-3-1)29-17-21-31(22-18-29)43(33-25-26-41-38(27-33)36-12-5-6-15-39(36)44-41)32-23-19-30(20-24-32)34-13-8-14-37-35-11-4-7-16-40(35)45-42(34)37/h1-27H. The van der Waals surface area contributed by atoms with Gasteiger partial charge < -0.3 is 13.7 Å². The summed E-state index contributed by atoms with van der Waals surface area (Å²) in [6, 6.07) is 57.3. The predicted molar refractivity (Wildman–Crippen MR) is 187 cm³/mol. The number of fused-ring (bicyclic) bond motifs is 6. The SMILES string of the molecule is c1ccc(-c2ccc(N(c3ccc(-c4cccc5c4oc4ccccc45)cc3)c3ccc4oc5ccccc5c4c3)cc2)cc1. The molecule has 0 atom stereocenters. The van der Waals surface area contributed by atoms with Crippen molar-refractivity contribution in [2.75, 3.05) is 4.90 Å². The highest BCUT2D eigenvalue weighted by molar-refractivity contribution is 6.10. The molecule has 3 heteroatoms. The molecule has 0 aliphatic heterocycles. The van der Waals surface area contributed by atoms with Crippen LogP contribution in [-0.2, 0) is 0 Å². The van der Waals surface area contributed by atoms with Crippen molar-refractivity contribution >= 4 is 60.9 Å². The summed E-state index contributed by atoms with van der Waals surface area (Å²) in [5.41, 5.74) is 11.4. The average Bonchev–Trinajstić information content (AvgIpc) is 3.68. The minimum Gasteiger partial charge on any atom is -0.456 e. The first-order chi connectivity index (χ1) is 22.3. The van der Waals surface area contributed by atoms with Crippen molar-refractivity contribution in [1.29, 1.82) is 0 Å². The lowest BCUT2D eigenvalue weighted by atomic mass is 10.0. The topological polar surface area (TPSA) is 29.5 Å². The zero-order valence-electron chi connectivity index (χ0n) is 24.4. The minimum absolute atomic E-state index is 0.883. The molecule has 212 valence electrons. The maximum absolute atomic E-state index is 6.35. The molecule has 0 aliphatic rings. The predicted octanol–water partition coefficient (Wildman–Crippen LogP) is 12.3. The lowest BCUT2D eigenvalue weighted by molar-refractivity contribution is 0.669. The van der Waals surface area contributed by atoms with Crippen molar-refractivity contribution in [3.05, 3.63) is 164 Å². The van der Waals surface area contributed by atoms with Gasteiger partial charge >= 0.3 is 0 Å².